The molecule has 0 fully saturated rings. The van der Waals surface area contributed by atoms with E-state index >= 15 is 0 Å². The van der Waals surface area contributed by atoms with E-state index in [2.05, 4.69) is 31.4 Å². The fraction of sp³-hybridized carbons (Fsp3) is 0.0833. The molecule has 0 aliphatic heterocycles. The zero-order chi connectivity index (χ0) is 23.4. The second-order valence-electron chi connectivity index (χ2n) is 7.17. The molecule has 2 N–H and O–H groups in total. The van der Waals surface area contributed by atoms with E-state index < -0.39 is 0 Å². The van der Waals surface area contributed by atoms with Gasteiger partial charge < -0.3 is 5.11 Å². The van der Waals surface area contributed by atoms with Crippen molar-refractivity contribution in [2.75, 3.05) is 5.75 Å². The van der Waals surface area contributed by atoms with Gasteiger partial charge in [-0.1, -0.05) is 57.5 Å². The molecule has 1 aromatic heterocycles. The minimum absolute atomic E-state index is 0.00154. The Morgan fingerprint density at radius 1 is 1.18 bits per heavy atom. The van der Waals surface area contributed by atoms with Crippen molar-refractivity contribution in [3.63, 3.8) is 0 Å². The van der Waals surface area contributed by atoms with E-state index in [1.54, 1.807) is 30.3 Å². The van der Waals surface area contributed by atoms with E-state index in [0.717, 1.165) is 21.8 Å². The van der Waals surface area contributed by atoms with Crippen LogP contribution in [0.4, 0.5) is 0 Å². The Balaban J connectivity index is 1.56. The van der Waals surface area contributed by atoms with Gasteiger partial charge in [-0.2, -0.15) is 5.10 Å². The molecule has 0 aliphatic carbocycles. The molecule has 0 atom stereocenters. The van der Waals surface area contributed by atoms with Crippen LogP contribution in [-0.2, 0) is 4.79 Å². The summed E-state index contributed by atoms with van der Waals surface area (Å²) in [6, 6.07) is 19.6. The lowest BCUT2D eigenvalue weighted by molar-refractivity contribution is -0.118. The maximum Gasteiger partial charge on any atom is 0.266 e. The number of halogens is 1. The first-order chi connectivity index (χ1) is 15.9. The van der Waals surface area contributed by atoms with E-state index in [0.29, 0.717) is 27.3 Å². The molecule has 0 saturated heterocycles. The van der Waals surface area contributed by atoms with E-state index in [-0.39, 0.29) is 23.0 Å². The van der Waals surface area contributed by atoms with E-state index in [9.17, 15) is 14.7 Å². The van der Waals surface area contributed by atoms with Gasteiger partial charge in [-0.15, -0.1) is 0 Å². The number of para-hydroxylation sites is 1. The lowest BCUT2D eigenvalue weighted by Crippen LogP contribution is -2.24. The predicted octanol–water partition coefficient (Wildman–Crippen LogP) is 4.40. The number of phenolic OH excluding ortho intramolecular Hbond substituents is 1. The Labute approximate surface area is 202 Å². The van der Waals surface area contributed by atoms with Crippen LogP contribution in [-0.4, -0.2) is 32.5 Å². The van der Waals surface area contributed by atoms with Crippen molar-refractivity contribution in [3.8, 4) is 11.4 Å². The molecule has 1 heterocycles. The van der Waals surface area contributed by atoms with E-state index in [4.69, 9.17) is 0 Å². The zero-order valence-corrected chi connectivity index (χ0v) is 19.9. The van der Waals surface area contributed by atoms with Crippen molar-refractivity contribution in [2.45, 2.75) is 12.1 Å². The summed E-state index contributed by atoms with van der Waals surface area (Å²) in [5.74, 6) is -0.324. The van der Waals surface area contributed by atoms with Crippen molar-refractivity contribution in [3.05, 3.63) is 92.7 Å². The van der Waals surface area contributed by atoms with Gasteiger partial charge in [0.1, 0.15) is 5.75 Å². The SMILES string of the molecule is Cc1ccc(-n2c(SCC(=O)N/N=C/c3cc(Br)ccc3O)nc3ccccc3c2=O)cc1. The van der Waals surface area contributed by atoms with Crippen LogP contribution in [0.5, 0.6) is 5.75 Å². The molecular weight excluding hydrogens is 504 g/mol. The van der Waals surface area contributed by atoms with Crippen molar-refractivity contribution in [1.29, 1.82) is 0 Å². The number of nitrogens with zero attached hydrogens (tertiary/aromatic N) is 3. The fourth-order valence-electron chi connectivity index (χ4n) is 3.10. The lowest BCUT2D eigenvalue weighted by Gasteiger charge is -2.13. The van der Waals surface area contributed by atoms with Gasteiger partial charge in [0.25, 0.3) is 11.5 Å². The van der Waals surface area contributed by atoms with E-state index in [1.807, 2.05) is 37.3 Å². The van der Waals surface area contributed by atoms with Crippen LogP contribution in [0, 0.1) is 6.92 Å². The number of rotatable bonds is 6. The molecule has 3 aromatic carbocycles. The molecule has 0 unspecified atom stereocenters. The lowest BCUT2D eigenvalue weighted by atomic mass is 10.2. The number of benzene rings is 3. The number of amides is 1. The number of aryl methyl sites for hydroxylation is 1. The molecular formula is C24H19BrN4O3S. The number of hydrogen-bond donors (Lipinski definition) is 2. The minimum atomic E-state index is -0.372. The largest absolute Gasteiger partial charge is 0.507 e. The number of carbonyl (C=O) groups excluding carboxylic acids is 1. The van der Waals surface area contributed by atoms with Gasteiger partial charge in [0.15, 0.2) is 5.16 Å². The highest BCUT2D eigenvalue weighted by Gasteiger charge is 2.14. The number of fused-ring (bicyclic) bond motifs is 1. The molecule has 1 amide bonds. The van der Waals surface area contributed by atoms with Crippen LogP contribution >= 0.6 is 27.7 Å². The second kappa shape index (κ2) is 10.0. The first kappa shape index (κ1) is 22.8. The molecule has 4 rings (SSSR count). The normalized spacial score (nSPS) is 11.2. The third kappa shape index (κ3) is 5.32. The standard InChI is InChI=1S/C24H19BrN4O3S/c1-15-6-9-18(10-7-15)29-23(32)19-4-2-3-5-20(19)27-24(29)33-14-22(31)28-26-13-16-12-17(25)8-11-21(16)30/h2-13,30H,14H2,1H3,(H,28,31)/b26-13+. The molecule has 0 saturated carbocycles. The monoisotopic (exact) mass is 522 g/mol. The molecule has 33 heavy (non-hydrogen) atoms. The van der Waals surface area contributed by atoms with Crippen molar-refractivity contribution in [2.24, 2.45) is 5.10 Å². The van der Waals surface area contributed by atoms with Gasteiger partial charge >= 0.3 is 0 Å². The summed E-state index contributed by atoms with van der Waals surface area (Å²) in [6.07, 6.45) is 1.36. The molecule has 4 aromatic rings. The summed E-state index contributed by atoms with van der Waals surface area (Å²) in [4.78, 5) is 30.2. The Hall–Kier alpha value is -3.43. The summed E-state index contributed by atoms with van der Waals surface area (Å²) in [7, 11) is 0. The highest BCUT2D eigenvalue weighted by molar-refractivity contribution is 9.10. The maximum atomic E-state index is 13.2. The van der Waals surface area contributed by atoms with Gasteiger partial charge in [-0.05, 0) is 49.4 Å². The van der Waals surface area contributed by atoms with Crippen molar-refractivity contribution >= 4 is 50.7 Å². The predicted molar refractivity (Wildman–Crippen MR) is 134 cm³/mol. The van der Waals surface area contributed by atoms with Crippen LogP contribution in [0.3, 0.4) is 0 Å². The maximum absolute atomic E-state index is 13.2. The van der Waals surface area contributed by atoms with E-state index in [1.165, 1.54) is 16.8 Å². The summed E-state index contributed by atoms with van der Waals surface area (Å²) in [5.41, 5.74) is 5.01. The van der Waals surface area contributed by atoms with Crippen LogP contribution in [0.2, 0.25) is 0 Å². The first-order valence-corrected chi connectivity index (χ1v) is 11.7. The second-order valence-corrected chi connectivity index (χ2v) is 9.03. The number of carbonyl (C=O) groups is 1. The number of hydrogen-bond acceptors (Lipinski definition) is 6. The highest BCUT2D eigenvalue weighted by atomic mass is 79.9. The molecule has 0 aliphatic rings. The molecule has 0 radical (unpaired) electrons. The Bertz CT molecular complexity index is 1420. The number of thioether (sulfide) groups is 1. The van der Waals surface area contributed by atoms with Gasteiger partial charge in [-0.3, -0.25) is 14.2 Å². The highest BCUT2D eigenvalue weighted by Crippen LogP contribution is 2.22. The number of hydrazone groups is 1. The fourth-order valence-corrected chi connectivity index (χ4v) is 4.28. The van der Waals surface area contributed by atoms with Gasteiger partial charge in [0.05, 0.1) is 28.6 Å². The van der Waals surface area contributed by atoms with Crippen LogP contribution in [0.25, 0.3) is 16.6 Å². The quantitative estimate of drug-likeness (QED) is 0.169. The topological polar surface area (TPSA) is 96.6 Å². The third-order valence-corrected chi connectivity index (χ3v) is 6.18. The molecule has 0 spiro atoms. The first-order valence-electron chi connectivity index (χ1n) is 9.94. The van der Waals surface area contributed by atoms with Crippen LogP contribution < -0.4 is 11.0 Å². The molecule has 9 heteroatoms. The molecule has 166 valence electrons. The number of nitrogens with one attached hydrogen (secondary N) is 1. The average Bonchev–Trinajstić information content (AvgIpc) is 2.81. The smallest absolute Gasteiger partial charge is 0.266 e. The summed E-state index contributed by atoms with van der Waals surface area (Å²) in [5, 5.41) is 14.7. The van der Waals surface area contributed by atoms with Crippen molar-refractivity contribution < 1.29 is 9.90 Å². The van der Waals surface area contributed by atoms with Gasteiger partial charge in [0.2, 0.25) is 0 Å². The summed E-state index contributed by atoms with van der Waals surface area (Å²) in [6.45, 7) is 1.97. The Kier molecular flexibility index (Phi) is 6.90. The minimum Gasteiger partial charge on any atom is -0.507 e. The summed E-state index contributed by atoms with van der Waals surface area (Å²) >= 11 is 4.47. The Morgan fingerprint density at radius 3 is 2.73 bits per heavy atom. The number of aromatic hydroxyl groups is 1. The third-order valence-electron chi connectivity index (χ3n) is 4.75. The van der Waals surface area contributed by atoms with Crippen molar-refractivity contribution in [1.82, 2.24) is 15.0 Å². The number of phenols is 1. The van der Waals surface area contributed by atoms with Gasteiger partial charge in [0, 0.05) is 10.0 Å². The average molecular weight is 523 g/mol. The zero-order valence-electron chi connectivity index (χ0n) is 17.5. The number of aromatic nitrogens is 2. The summed E-state index contributed by atoms with van der Waals surface area (Å²) < 4.78 is 2.29. The molecule has 0 bridgehead atoms. The molecule has 7 nitrogen and oxygen atoms in total. The van der Waals surface area contributed by atoms with Crippen LogP contribution in [0.15, 0.2) is 86.3 Å². The Morgan fingerprint density at radius 2 is 1.94 bits per heavy atom. The van der Waals surface area contributed by atoms with Crippen LogP contribution in [0.1, 0.15) is 11.1 Å². The van der Waals surface area contributed by atoms with Gasteiger partial charge in [-0.25, -0.2) is 10.4 Å².